The Morgan fingerprint density at radius 3 is 2.62 bits per heavy atom. The van der Waals surface area contributed by atoms with Crippen molar-refractivity contribution in [2.24, 2.45) is 5.92 Å². The summed E-state index contributed by atoms with van der Waals surface area (Å²) in [5.74, 6) is -0.773. The monoisotopic (exact) mass is 294 g/mol. The number of likely N-dealkylation sites (tertiary alicyclic amines) is 2. The maximum Gasteiger partial charge on any atom is 0.326 e. The molecular weight excluding hydrogens is 272 g/mol. The van der Waals surface area contributed by atoms with Gasteiger partial charge in [-0.25, -0.2) is 4.79 Å². The van der Waals surface area contributed by atoms with E-state index in [1.165, 1.54) is 0 Å². The smallest absolute Gasteiger partial charge is 0.326 e. The van der Waals surface area contributed by atoms with Gasteiger partial charge in [0.25, 0.3) is 0 Å². The number of hydrogen-bond donors (Lipinski definition) is 1. The minimum Gasteiger partial charge on any atom is -0.480 e. The van der Waals surface area contributed by atoms with Crippen molar-refractivity contribution in [3.63, 3.8) is 0 Å². The summed E-state index contributed by atoms with van der Waals surface area (Å²) in [7, 11) is 0. The Hall–Kier alpha value is -1.59. The molecule has 2 amide bonds. The number of nitrogens with zero attached hydrogens (tertiary/aromatic N) is 2. The predicted octanol–water partition coefficient (Wildman–Crippen LogP) is 0.853. The Bertz CT molecular complexity index is 465. The number of fused-ring (bicyclic) bond motifs is 1. The van der Waals surface area contributed by atoms with E-state index in [-0.39, 0.29) is 24.4 Å². The van der Waals surface area contributed by atoms with Gasteiger partial charge in [-0.15, -0.1) is 0 Å². The molecule has 21 heavy (non-hydrogen) atoms. The van der Waals surface area contributed by atoms with Crippen LogP contribution in [-0.4, -0.2) is 57.9 Å². The molecule has 1 N–H and O–H groups in total. The third kappa shape index (κ3) is 2.63. The van der Waals surface area contributed by atoms with E-state index in [4.69, 9.17) is 0 Å². The van der Waals surface area contributed by atoms with E-state index in [1.807, 2.05) is 0 Å². The van der Waals surface area contributed by atoms with Crippen LogP contribution in [0.5, 0.6) is 0 Å². The molecule has 6 nitrogen and oxygen atoms in total. The zero-order valence-electron chi connectivity index (χ0n) is 12.2. The Labute approximate surface area is 124 Å². The second-order valence-corrected chi connectivity index (χ2v) is 6.42. The van der Waals surface area contributed by atoms with Crippen molar-refractivity contribution in [3.05, 3.63) is 0 Å². The molecule has 0 aromatic rings. The van der Waals surface area contributed by atoms with Crippen molar-refractivity contribution in [3.8, 4) is 0 Å². The minimum atomic E-state index is -0.912. The molecule has 1 saturated carbocycles. The molecular formula is C15H22N2O4. The van der Waals surface area contributed by atoms with Gasteiger partial charge in [0.1, 0.15) is 6.04 Å². The van der Waals surface area contributed by atoms with Crippen LogP contribution < -0.4 is 0 Å². The first-order valence-electron chi connectivity index (χ1n) is 7.89. The van der Waals surface area contributed by atoms with Crippen molar-refractivity contribution in [2.45, 2.75) is 57.0 Å². The van der Waals surface area contributed by atoms with Crippen LogP contribution >= 0.6 is 0 Å². The van der Waals surface area contributed by atoms with E-state index in [2.05, 4.69) is 0 Å². The molecule has 0 spiro atoms. The molecule has 0 bridgehead atoms. The second-order valence-electron chi connectivity index (χ2n) is 6.42. The van der Waals surface area contributed by atoms with Crippen molar-refractivity contribution in [1.29, 1.82) is 0 Å². The third-order valence-corrected chi connectivity index (χ3v) is 5.16. The van der Waals surface area contributed by atoms with Gasteiger partial charge in [-0.2, -0.15) is 0 Å². The molecule has 6 heteroatoms. The lowest BCUT2D eigenvalue weighted by Gasteiger charge is -2.34. The highest BCUT2D eigenvalue weighted by molar-refractivity contribution is 5.89. The maximum atomic E-state index is 12.6. The first-order valence-corrected chi connectivity index (χ1v) is 7.89. The van der Waals surface area contributed by atoms with Gasteiger partial charge in [0.05, 0.1) is 6.54 Å². The van der Waals surface area contributed by atoms with Crippen molar-refractivity contribution < 1.29 is 19.5 Å². The van der Waals surface area contributed by atoms with Crippen LogP contribution in [-0.2, 0) is 14.4 Å². The summed E-state index contributed by atoms with van der Waals surface area (Å²) >= 11 is 0. The van der Waals surface area contributed by atoms with E-state index >= 15 is 0 Å². The number of amides is 2. The van der Waals surface area contributed by atoms with E-state index in [9.17, 15) is 19.5 Å². The van der Waals surface area contributed by atoms with Crippen LogP contribution in [0.2, 0.25) is 0 Å². The highest BCUT2D eigenvalue weighted by Crippen LogP contribution is 2.39. The first kappa shape index (κ1) is 14.4. The van der Waals surface area contributed by atoms with Crippen LogP contribution in [0.3, 0.4) is 0 Å². The number of carboxylic acid groups (broad SMARTS) is 1. The lowest BCUT2D eigenvalue weighted by molar-refractivity contribution is -0.151. The zero-order chi connectivity index (χ0) is 15.0. The van der Waals surface area contributed by atoms with Crippen LogP contribution in [0.25, 0.3) is 0 Å². The van der Waals surface area contributed by atoms with Crippen LogP contribution in [0, 0.1) is 5.92 Å². The molecule has 116 valence electrons. The normalized spacial score (nSPS) is 32.4. The molecule has 3 aliphatic rings. The highest BCUT2D eigenvalue weighted by atomic mass is 16.4. The Morgan fingerprint density at radius 1 is 1.19 bits per heavy atom. The predicted molar refractivity (Wildman–Crippen MR) is 74.4 cm³/mol. The molecule has 2 aliphatic heterocycles. The summed E-state index contributed by atoms with van der Waals surface area (Å²) in [6.07, 6.45) is 5.96. The number of rotatable bonds is 3. The number of carboxylic acids is 1. The zero-order valence-corrected chi connectivity index (χ0v) is 12.2. The lowest BCUT2D eigenvalue weighted by Crippen LogP contribution is -2.50. The fourth-order valence-electron chi connectivity index (χ4n) is 4.16. The van der Waals surface area contributed by atoms with Gasteiger partial charge in [0, 0.05) is 19.0 Å². The average molecular weight is 294 g/mol. The molecule has 3 fully saturated rings. The molecule has 3 atom stereocenters. The summed E-state index contributed by atoms with van der Waals surface area (Å²) in [4.78, 5) is 38.9. The molecule has 0 aromatic carbocycles. The largest absolute Gasteiger partial charge is 0.480 e. The summed E-state index contributed by atoms with van der Waals surface area (Å²) in [6, 6.07) is -0.645. The Kier molecular flexibility index (Phi) is 3.87. The number of carbonyl (C=O) groups is 3. The number of hydrogen-bond acceptors (Lipinski definition) is 3. The summed E-state index contributed by atoms with van der Waals surface area (Å²) in [5, 5.41) is 9.42. The topological polar surface area (TPSA) is 77.9 Å². The van der Waals surface area contributed by atoms with Crippen molar-refractivity contribution in [1.82, 2.24) is 9.80 Å². The second kappa shape index (κ2) is 5.66. The van der Waals surface area contributed by atoms with Gasteiger partial charge in [0.2, 0.25) is 11.8 Å². The standard InChI is InChI=1S/C15H22N2O4/c18-13-6-3-7-16(13)9-14(19)17-11-5-2-1-4-10(11)8-12(17)15(20)21/h10-12H,1-9H2,(H,20,21)/t10-,11-,12+/m1/s1. The molecule has 3 rings (SSSR count). The van der Waals surface area contributed by atoms with Crippen molar-refractivity contribution >= 4 is 17.8 Å². The molecule has 0 aromatic heterocycles. The lowest BCUT2D eigenvalue weighted by atomic mass is 9.85. The molecule has 2 heterocycles. The van der Waals surface area contributed by atoms with Gasteiger partial charge >= 0.3 is 5.97 Å². The molecule has 2 saturated heterocycles. The number of aliphatic carboxylic acids is 1. The molecule has 0 unspecified atom stereocenters. The summed E-state index contributed by atoms with van der Waals surface area (Å²) < 4.78 is 0. The SMILES string of the molecule is O=C(O)[C@@H]1C[C@H]2CCCC[C@H]2N1C(=O)CN1CCCC1=O. The maximum absolute atomic E-state index is 12.6. The van der Waals surface area contributed by atoms with Gasteiger partial charge in [0.15, 0.2) is 0 Å². The van der Waals surface area contributed by atoms with Crippen LogP contribution in [0.1, 0.15) is 44.9 Å². The Morgan fingerprint density at radius 2 is 1.95 bits per heavy atom. The summed E-state index contributed by atoms with van der Waals surface area (Å²) in [6.45, 7) is 0.663. The van der Waals surface area contributed by atoms with E-state index in [0.717, 1.165) is 32.1 Å². The summed E-state index contributed by atoms with van der Waals surface area (Å²) in [5.41, 5.74) is 0. The van der Waals surface area contributed by atoms with Gasteiger partial charge in [-0.1, -0.05) is 12.8 Å². The van der Waals surface area contributed by atoms with Crippen molar-refractivity contribution in [2.75, 3.05) is 13.1 Å². The van der Waals surface area contributed by atoms with E-state index in [1.54, 1.807) is 9.80 Å². The van der Waals surface area contributed by atoms with Gasteiger partial charge < -0.3 is 14.9 Å². The fraction of sp³-hybridized carbons (Fsp3) is 0.800. The van der Waals surface area contributed by atoms with Crippen LogP contribution in [0.4, 0.5) is 0 Å². The first-order chi connectivity index (χ1) is 10.1. The van der Waals surface area contributed by atoms with Crippen LogP contribution in [0.15, 0.2) is 0 Å². The molecule has 0 radical (unpaired) electrons. The van der Waals surface area contributed by atoms with E-state index in [0.29, 0.717) is 25.3 Å². The Balaban J connectivity index is 1.74. The quantitative estimate of drug-likeness (QED) is 0.837. The van der Waals surface area contributed by atoms with E-state index < -0.39 is 12.0 Å². The molecule has 1 aliphatic carbocycles. The third-order valence-electron chi connectivity index (χ3n) is 5.16. The number of carbonyl (C=O) groups excluding carboxylic acids is 2. The fourth-order valence-corrected chi connectivity index (χ4v) is 4.16. The average Bonchev–Trinajstić information content (AvgIpc) is 3.03. The highest BCUT2D eigenvalue weighted by Gasteiger charge is 2.47. The van der Waals surface area contributed by atoms with Gasteiger partial charge in [-0.3, -0.25) is 9.59 Å². The minimum absolute atomic E-state index is 0.00890. The van der Waals surface area contributed by atoms with Gasteiger partial charge in [-0.05, 0) is 31.6 Å².